The number of carboxylic acid groups (broad SMARTS) is 1. The van der Waals surface area contributed by atoms with Gasteiger partial charge >= 0.3 is 5.97 Å². The van der Waals surface area contributed by atoms with E-state index in [0.29, 0.717) is 12.0 Å². The van der Waals surface area contributed by atoms with Gasteiger partial charge in [0.2, 0.25) is 0 Å². The number of nitrogens with zero attached hydrogens (tertiary/aromatic N) is 2. The Bertz CT molecular complexity index is 398. The van der Waals surface area contributed by atoms with Crippen LogP contribution in [0.15, 0.2) is 17.5 Å². The van der Waals surface area contributed by atoms with E-state index in [1.807, 2.05) is 16.2 Å². The molecule has 1 N–H and O–H groups in total. The first-order chi connectivity index (χ1) is 9.08. The number of piperazine rings is 1. The molecule has 5 heteroatoms. The highest BCUT2D eigenvalue weighted by molar-refractivity contribution is 7.10. The summed E-state index contributed by atoms with van der Waals surface area (Å²) in [5.41, 5.74) is 0. The molecule has 1 aliphatic heterocycles. The Labute approximate surface area is 118 Å². The van der Waals surface area contributed by atoms with Crippen molar-refractivity contribution in [2.75, 3.05) is 32.7 Å². The third-order valence-electron chi connectivity index (χ3n) is 3.63. The molecule has 0 bridgehead atoms. The van der Waals surface area contributed by atoms with Gasteiger partial charge in [0, 0.05) is 37.1 Å². The zero-order valence-electron chi connectivity index (χ0n) is 11.6. The summed E-state index contributed by atoms with van der Waals surface area (Å²) in [5, 5.41) is 11.0. The summed E-state index contributed by atoms with van der Waals surface area (Å²) in [5.74, 6) is -0.156. The molecule has 0 spiro atoms. The highest BCUT2D eigenvalue weighted by atomic mass is 32.1. The lowest BCUT2D eigenvalue weighted by Crippen LogP contribution is -2.49. The van der Waals surface area contributed by atoms with Crippen LogP contribution in [0.3, 0.4) is 0 Å². The Morgan fingerprint density at radius 3 is 2.53 bits per heavy atom. The van der Waals surface area contributed by atoms with Gasteiger partial charge in [-0.1, -0.05) is 19.9 Å². The predicted molar refractivity (Wildman–Crippen MR) is 77.5 cm³/mol. The van der Waals surface area contributed by atoms with E-state index in [4.69, 9.17) is 5.11 Å². The van der Waals surface area contributed by atoms with E-state index >= 15 is 0 Å². The third kappa shape index (κ3) is 3.78. The van der Waals surface area contributed by atoms with Crippen molar-refractivity contribution in [2.24, 2.45) is 5.92 Å². The number of hydrogen-bond acceptors (Lipinski definition) is 4. The Hall–Kier alpha value is -0.910. The average Bonchev–Trinajstić information content (AvgIpc) is 2.84. The molecule has 1 unspecified atom stereocenters. The predicted octanol–water partition coefficient (Wildman–Crippen LogP) is 2.15. The molecule has 1 fully saturated rings. The molecule has 0 radical (unpaired) electrons. The molecule has 0 aliphatic carbocycles. The van der Waals surface area contributed by atoms with Crippen molar-refractivity contribution in [1.29, 1.82) is 0 Å². The monoisotopic (exact) mass is 282 g/mol. The topological polar surface area (TPSA) is 43.8 Å². The van der Waals surface area contributed by atoms with Gasteiger partial charge in [-0.15, -0.1) is 11.3 Å². The Morgan fingerprint density at radius 1 is 1.37 bits per heavy atom. The van der Waals surface area contributed by atoms with Crippen LogP contribution in [0.2, 0.25) is 0 Å². The van der Waals surface area contributed by atoms with E-state index in [9.17, 15) is 4.79 Å². The fourth-order valence-corrected chi connectivity index (χ4v) is 3.81. The van der Waals surface area contributed by atoms with Crippen LogP contribution in [0, 0.1) is 5.92 Å². The highest BCUT2D eigenvalue weighted by Crippen LogP contribution is 2.32. The first kappa shape index (κ1) is 14.5. The van der Waals surface area contributed by atoms with Crippen molar-refractivity contribution >= 4 is 17.3 Å². The van der Waals surface area contributed by atoms with E-state index in [0.717, 1.165) is 26.2 Å². The second-order valence-electron chi connectivity index (χ2n) is 5.41. The lowest BCUT2D eigenvalue weighted by atomic mass is 10.00. The van der Waals surface area contributed by atoms with Crippen LogP contribution in [-0.2, 0) is 4.79 Å². The molecule has 0 aromatic carbocycles. The third-order valence-corrected chi connectivity index (χ3v) is 4.57. The van der Waals surface area contributed by atoms with E-state index in [1.165, 1.54) is 4.88 Å². The summed E-state index contributed by atoms with van der Waals surface area (Å²) in [4.78, 5) is 16.7. The molecule has 1 aliphatic rings. The molecule has 2 heterocycles. The molecular weight excluding hydrogens is 260 g/mol. The molecule has 0 saturated carbocycles. The standard InChI is InChI=1S/C14H22N2O2S/c1-11(2)14(12-4-3-9-19-12)16-7-5-15(6-8-16)10-13(17)18/h3-4,9,11,14H,5-8,10H2,1-2H3,(H,17,18). The Kier molecular flexibility index (Phi) is 4.96. The second kappa shape index (κ2) is 6.50. The van der Waals surface area contributed by atoms with Crippen molar-refractivity contribution in [2.45, 2.75) is 19.9 Å². The number of rotatable bonds is 5. The normalized spacial score (nSPS) is 19.7. The SMILES string of the molecule is CC(C)C(c1cccs1)N1CCN(CC(=O)O)CC1. The van der Waals surface area contributed by atoms with Crippen LogP contribution in [0.25, 0.3) is 0 Å². The minimum atomic E-state index is -0.730. The molecular formula is C14H22N2O2S. The summed E-state index contributed by atoms with van der Waals surface area (Å²) in [6.07, 6.45) is 0. The van der Waals surface area contributed by atoms with Crippen molar-refractivity contribution in [3.63, 3.8) is 0 Å². The van der Waals surface area contributed by atoms with Gasteiger partial charge in [0.05, 0.1) is 6.54 Å². The summed E-state index contributed by atoms with van der Waals surface area (Å²) in [6, 6.07) is 4.78. The van der Waals surface area contributed by atoms with Crippen LogP contribution < -0.4 is 0 Å². The van der Waals surface area contributed by atoms with Gasteiger partial charge in [-0.05, 0) is 17.4 Å². The number of aliphatic carboxylic acids is 1. The Morgan fingerprint density at radius 2 is 2.05 bits per heavy atom. The summed E-state index contributed by atoms with van der Waals surface area (Å²) in [7, 11) is 0. The maximum absolute atomic E-state index is 10.7. The maximum atomic E-state index is 10.7. The lowest BCUT2D eigenvalue weighted by molar-refractivity contribution is -0.138. The molecule has 1 aromatic heterocycles. The van der Waals surface area contributed by atoms with E-state index in [2.05, 4.69) is 36.3 Å². The van der Waals surface area contributed by atoms with E-state index in [1.54, 1.807) is 0 Å². The van der Waals surface area contributed by atoms with Gasteiger partial charge in [0.15, 0.2) is 0 Å². The first-order valence-corrected chi connectivity index (χ1v) is 7.67. The zero-order valence-corrected chi connectivity index (χ0v) is 12.4. The van der Waals surface area contributed by atoms with Crippen LogP contribution in [-0.4, -0.2) is 53.6 Å². The van der Waals surface area contributed by atoms with Gasteiger partial charge in [-0.2, -0.15) is 0 Å². The van der Waals surface area contributed by atoms with Gasteiger partial charge in [-0.25, -0.2) is 0 Å². The highest BCUT2D eigenvalue weighted by Gasteiger charge is 2.28. The number of thiophene rings is 1. The van der Waals surface area contributed by atoms with Crippen LogP contribution in [0.4, 0.5) is 0 Å². The fourth-order valence-electron chi connectivity index (χ4n) is 2.78. The van der Waals surface area contributed by atoms with Crippen molar-refractivity contribution in [1.82, 2.24) is 9.80 Å². The van der Waals surface area contributed by atoms with E-state index in [-0.39, 0.29) is 6.54 Å². The number of carbonyl (C=O) groups is 1. The Balaban J connectivity index is 1.96. The van der Waals surface area contributed by atoms with Crippen LogP contribution in [0.1, 0.15) is 24.8 Å². The molecule has 0 amide bonds. The first-order valence-electron chi connectivity index (χ1n) is 6.79. The quantitative estimate of drug-likeness (QED) is 0.898. The molecule has 1 saturated heterocycles. The molecule has 1 atom stereocenters. The summed E-state index contributed by atoms with van der Waals surface area (Å²) < 4.78 is 0. The van der Waals surface area contributed by atoms with Crippen molar-refractivity contribution in [3.8, 4) is 0 Å². The van der Waals surface area contributed by atoms with Crippen LogP contribution in [0.5, 0.6) is 0 Å². The van der Waals surface area contributed by atoms with Gasteiger partial charge in [0.25, 0.3) is 0 Å². The van der Waals surface area contributed by atoms with Gasteiger partial charge in [0.1, 0.15) is 0 Å². The molecule has 4 nitrogen and oxygen atoms in total. The molecule has 2 rings (SSSR count). The molecule has 106 valence electrons. The fraction of sp³-hybridized carbons (Fsp3) is 0.643. The second-order valence-corrected chi connectivity index (χ2v) is 6.39. The van der Waals surface area contributed by atoms with Gasteiger partial charge in [-0.3, -0.25) is 14.6 Å². The van der Waals surface area contributed by atoms with E-state index < -0.39 is 5.97 Å². The minimum absolute atomic E-state index is 0.166. The van der Waals surface area contributed by atoms with Crippen molar-refractivity contribution < 1.29 is 9.90 Å². The molecule has 1 aromatic rings. The summed E-state index contributed by atoms with van der Waals surface area (Å²) >= 11 is 1.82. The number of hydrogen-bond donors (Lipinski definition) is 1. The van der Waals surface area contributed by atoms with Crippen LogP contribution >= 0.6 is 11.3 Å². The summed E-state index contributed by atoms with van der Waals surface area (Å²) in [6.45, 7) is 8.28. The average molecular weight is 282 g/mol. The smallest absolute Gasteiger partial charge is 0.317 e. The minimum Gasteiger partial charge on any atom is -0.480 e. The zero-order chi connectivity index (χ0) is 13.8. The largest absolute Gasteiger partial charge is 0.480 e. The number of carboxylic acids is 1. The van der Waals surface area contributed by atoms with Gasteiger partial charge < -0.3 is 5.11 Å². The van der Waals surface area contributed by atoms with Crippen molar-refractivity contribution in [3.05, 3.63) is 22.4 Å². The lowest BCUT2D eigenvalue weighted by Gasteiger charge is -2.40. The maximum Gasteiger partial charge on any atom is 0.317 e. The molecule has 19 heavy (non-hydrogen) atoms.